The van der Waals surface area contributed by atoms with Crippen LogP contribution in [0, 0.1) is 6.92 Å². The van der Waals surface area contributed by atoms with E-state index in [2.05, 4.69) is 13.5 Å². The van der Waals surface area contributed by atoms with Crippen LogP contribution in [0.15, 0.2) is 24.8 Å². The highest BCUT2D eigenvalue weighted by atomic mass is 32.1. The fraction of sp³-hybridized carbons (Fsp3) is 0.111. The quantitative estimate of drug-likeness (QED) is 0.670. The number of hydrogen-bond donors (Lipinski definition) is 1. The van der Waals surface area contributed by atoms with Crippen molar-refractivity contribution in [1.82, 2.24) is 0 Å². The summed E-state index contributed by atoms with van der Waals surface area (Å²) < 4.78 is 0. The zero-order chi connectivity index (χ0) is 8.27. The summed E-state index contributed by atoms with van der Waals surface area (Å²) in [6.45, 7) is 5.66. The summed E-state index contributed by atoms with van der Waals surface area (Å²) in [5.74, 6) is 0. The molecule has 0 aliphatic carbocycles. The number of aryl methyl sites for hydroxylation is 1. The van der Waals surface area contributed by atoms with E-state index >= 15 is 0 Å². The Morgan fingerprint density at radius 2 is 2.36 bits per heavy atom. The average Bonchev–Trinajstić information content (AvgIpc) is 2.26. The van der Waals surface area contributed by atoms with Gasteiger partial charge in [-0.05, 0) is 18.6 Å². The molecule has 1 rings (SSSR count). The third kappa shape index (κ3) is 1.95. The van der Waals surface area contributed by atoms with Crippen molar-refractivity contribution in [2.24, 2.45) is 0 Å². The zero-order valence-corrected chi connectivity index (χ0v) is 7.32. The molecule has 0 bridgehead atoms. The van der Waals surface area contributed by atoms with E-state index in [1.54, 1.807) is 17.4 Å². The zero-order valence-electron chi connectivity index (χ0n) is 6.50. The van der Waals surface area contributed by atoms with Gasteiger partial charge >= 0.3 is 0 Å². The van der Waals surface area contributed by atoms with Crippen LogP contribution in [0.1, 0.15) is 10.4 Å². The van der Waals surface area contributed by atoms with Crippen LogP contribution < -0.4 is 5.73 Å². The highest BCUT2D eigenvalue weighted by Crippen LogP contribution is 2.24. The van der Waals surface area contributed by atoms with Crippen molar-refractivity contribution >= 4 is 22.4 Å². The van der Waals surface area contributed by atoms with E-state index in [1.165, 1.54) is 10.4 Å². The van der Waals surface area contributed by atoms with Gasteiger partial charge in [0.25, 0.3) is 0 Å². The Balaban J connectivity index is 2.93. The Morgan fingerprint density at radius 3 is 2.82 bits per heavy atom. The molecule has 1 aromatic rings. The minimum atomic E-state index is 0.867. The Hall–Kier alpha value is -1.02. The standard InChI is InChI=1S/C9H11NS/c1-3-4-5-8-6-9(10)11-7(8)2/h3-6H,1,10H2,2H3/b5-4-. The molecule has 1 heterocycles. The predicted octanol–water partition coefficient (Wildman–Crippen LogP) is 2.84. The molecule has 1 nitrogen and oxygen atoms in total. The SMILES string of the molecule is C=C/C=C\c1cc(N)sc1C. The molecule has 0 aliphatic heterocycles. The van der Waals surface area contributed by atoms with Crippen LogP contribution in [0.4, 0.5) is 5.00 Å². The van der Waals surface area contributed by atoms with Crippen LogP contribution in [0.25, 0.3) is 6.08 Å². The van der Waals surface area contributed by atoms with Gasteiger partial charge in [-0.25, -0.2) is 0 Å². The Kier molecular flexibility index (Phi) is 2.49. The Bertz CT molecular complexity index is 284. The van der Waals surface area contributed by atoms with Crippen molar-refractivity contribution in [2.45, 2.75) is 6.92 Å². The molecule has 1 aromatic heterocycles. The molecule has 0 atom stereocenters. The monoisotopic (exact) mass is 165 g/mol. The second-order valence-electron chi connectivity index (χ2n) is 2.26. The topological polar surface area (TPSA) is 26.0 Å². The molecule has 2 N–H and O–H groups in total. The molecule has 0 radical (unpaired) electrons. The fourth-order valence-electron chi connectivity index (χ4n) is 0.857. The van der Waals surface area contributed by atoms with Crippen molar-refractivity contribution in [3.05, 3.63) is 35.2 Å². The largest absolute Gasteiger partial charge is 0.391 e. The molecule has 2 heteroatoms. The van der Waals surface area contributed by atoms with Gasteiger partial charge in [-0.1, -0.05) is 24.8 Å². The van der Waals surface area contributed by atoms with Crippen LogP contribution in [-0.2, 0) is 0 Å². The van der Waals surface area contributed by atoms with Gasteiger partial charge in [-0.15, -0.1) is 11.3 Å². The van der Waals surface area contributed by atoms with Gasteiger partial charge < -0.3 is 5.73 Å². The third-order valence-electron chi connectivity index (χ3n) is 1.39. The van der Waals surface area contributed by atoms with Crippen molar-refractivity contribution in [3.63, 3.8) is 0 Å². The molecule has 0 amide bonds. The molecule has 0 saturated heterocycles. The highest BCUT2D eigenvalue weighted by Gasteiger charge is 1.97. The van der Waals surface area contributed by atoms with Crippen molar-refractivity contribution in [2.75, 3.05) is 5.73 Å². The summed E-state index contributed by atoms with van der Waals surface area (Å²) in [5, 5.41) is 0.867. The predicted molar refractivity (Wildman–Crippen MR) is 52.7 cm³/mol. The minimum absolute atomic E-state index is 0.867. The van der Waals surface area contributed by atoms with E-state index in [4.69, 9.17) is 5.73 Å². The summed E-state index contributed by atoms with van der Waals surface area (Å²) in [6, 6.07) is 1.97. The normalized spacial score (nSPS) is 10.6. The molecule has 0 aliphatic rings. The summed E-state index contributed by atoms with van der Waals surface area (Å²) in [4.78, 5) is 1.25. The maximum absolute atomic E-state index is 5.61. The molecular formula is C9H11NS. The summed E-state index contributed by atoms with van der Waals surface area (Å²) in [7, 11) is 0. The van der Waals surface area contributed by atoms with E-state index in [0.29, 0.717) is 0 Å². The van der Waals surface area contributed by atoms with E-state index in [9.17, 15) is 0 Å². The summed E-state index contributed by atoms with van der Waals surface area (Å²) in [5.41, 5.74) is 6.80. The first-order valence-electron chi connectivity index (χ1n) is 3.39. The number of hydrogen-bond acceptors (Lipinski definition) is 2. The Morgan fingerprint density at radius 1 is 1.64 bits per heavy atom. The second kappa shape index (κ2) is 3.39. The lowest BCUT2D eigenvalue weighted by atomic mass is 10.2. The van der Waals surface area contributed by atoms with Gasteiger partial charge in [-0.3, -0.25) is 0 Å². The van der Waals surface area contributed by atoms with Gasteiger partial charge in [0.15, 0.2) is 0 Å². The van der Waals surface area contributed by atoms with Gasteiger partial charge in [-0.2, -0.15) is 0 Å². The number of thiophene rings is 1. The van der Waals surface area contributed by atoms with Gasteiger partial charge in [0, 0.05) is 4.88 Å². The number of allylic oxidation sites excluding steroid dienone is 2. The second-order valence-corrected chi connectivity index (χ2v) is 3.54. The maximum atomic E-state index is 5.61. The summed E-state index contributed by atoms with van der Waals surface area (Å²) >= 11 is 1.61. The molecule has 0 saturated carbocycles. The number of rotatable bonds is 2. The third-order valence-corrected chi connectivity index (χ3v) is 2.28. The Labute approximate surface area is 70.9 Å². The van der Waals surface area contributed by atoms with Crippen molar-refractivity contribution in [3.8, 4) is 0 Å². The van der Waals surface area contributed by atoms with E-state index < -0.39 is 0 Å². The highest BCUT2D eigenvalue weighted by molar-refractivity contribution is 7.16. The average molecular weight is 165 g/mol. The van der Waals surface area contributed by atoms with E-state index in [-0.39, 0.29) is 0 Å². The van der Waals surface area contributed by atoms with Crippen LogP contribution in [0.3, 0.4) is 0 Å². The molecule has 11 heavy (non-hydrogen) atoms. The van der Waals surface area contributed by atoms with Crippen LogP contribution in [0.5, 0.6) is 0 Å². The van der Waals surface area contributed by atoms with Crippen molar-refractivity contribution in [1.29, 1.82) is 0 Å². The minimum Gasteiger partial charge on any atom is -0.391 e. The summed E-state index contributed by atoms with van der Waals surface area (Å²) in [6.07, 6.45) is 5.68. The smallest absolute Gasteiger partial charge is 0.0865 e. The molecular weight excluding hydrogens is 154 g/mol. The van der Waals surface area contributed by atoms with Gasteiger partial charge in [0.2, 0.25) is 0 Å². The van der Waals surface area contributed by atoms with Crippen LogP contribution >= 0.6 is 11.3 Å². The lowest BCUT2D eigenvalue weighted by Crippen LogP contribution is -1.73. The van der Waals surface area contributed by atoms with Gasteiger partial charge in [0.05, 0.1) is 5.00 Å². The van der Waals surface area contributed by atoms with Crippen LogP contribution in [-0.4, -0.2) is 0 Å². The van der Waals surface area contributed by atoms with Crippen molar-refractivity contribution < 1.29 is 0 Å². The maximum Gasteiger partial charge on any atom is 0.0865 e. The first-order chi connectivity index (χ1) is 5.24. The lowest BCUT2D eigenvalue weighted by molar-refractivity contribution is 1.60. The number of nitrogen functional groups attached to an aromatic ring is 1. The molecule has 0 spiro atoms. The van der Waals surface area contributed by atoms with E-state index in [0.717, 1.165) is 5.00 Å². The number of nitrogens with two attached hydrogens (primary N) is 1. The first kappa shape index (κ1) is 8.08. The molecule has 0 fully saturated rings. The van der Waals surface area contributed by atoms with Crippen LogP contribution in [0.2, 0.25) is 0 Å². The molecule has 0 aromatic carbocycles. The lowest BCUT2D eigenvalue weighted by Gasteiger charge is -1.85. The molecule has 0 unspecified atom stereocenters. The number of anilines is 1. The first-order valence-corrected chi connectivity index (χ1v) is 4.20. The fourth-order valence-corrected chi connectivity index (χ4v) is 1.64. The molecule has 58 valence electrons. The van der Waals surface area contributed by atoms with E-state index in [1.807, 2.05) is 18.2 Å². The van der Waals surface area contributed by atoms with Gasteiger partial charge in [0.1, 0.15) is 0 Å².